The van der Waals surface area contributed by atoms with Crippen LogP contribution in [0.25, 0.3) is 11.1 Å². The predicted molar refractivity (Wildman–Crippen MR) is 74.8 cm³/mol. The van der Waals surface area contributed by atoms with E-state index in [0.717, 1.165) is 32.4 Å². The Hall–Kier alpha value is -2.15. The van der Waals surface area contributed by atoms with Crippen LogP contribution in [0.15, 0.2) is 22.6 Å². The van der Waals surface area contributed by atoms with E-state index in [0.29, 0.717) is 17.1 Å². The average molecular weight is 276 g/mol. The summed E-state index contributed by atoms with van der Waals surface area (Å²) in [5, 5.41) is 17.5. The Labute approximate surface area is 115 Å². The number of nitrogens with one attached hydrogen (secondary N) is 2. The van der Waals surface area contributed by atoms with Gasteiger partial charge >= 0.3 is 0 Å². The Balaban J connectivity index is 1.85. The van der Waals surface area contributed by atoms with Gasteiger partial charge in [0.2, 0.25) is 0 Å². The largest absolute Gasteiger partial charge is 0.423 e. The molecule has 0 aliphatic carbocycles. The molecule has 7 nitrogen and oxygen atoms in total. The fourth-order valence-electron chi connectivity index (χ4n) is 2.48. The molecule has 0 bridgehead atoms. The van der Waals surface area contributed by atoms with Crippen molar-refractivity contribution in [3.05, 3.63) is 28.3 Å². The molecule has 1 saturated heterocycles. The number of rotatable bonds is 3. The van der Waals surface area contributed by atoms with E-state index in [1.807, 2.05) is 0 Å². The van der Waals surface area contributed by atoms with Crippen molar-refractivity contribution in [2.24, 2.45) is 0 Å². The summed E-state index contributed by atoms with van der Waals surface area (Å²) in [6.07, 6.45) is 3.12. The van der Waals surface area contributed by atoms with Crippen molar-refractivity contribution in [1.82, 2.24) is 10.3 Å². The number of para-hydroxylation sites is 1. The Morgan fingerprint density at radius 3 is 3.15 bits per heavy atom. The van der Waals surface area contributed by atoms with E-state index in [4.69, 9.17) is 4.42 Å². The van der Waals surface area contributed by atoms with Gasteiger partial charge in [0.25, 0.3) is 11.7 Å². The van der Waals surface area contributed by atoms with E-state index >= 15 is 0 Å². The smallest absolute Gasteiger partial charge is 0.298 e. The number of nitro groups is 1. The molecule has 1 unspecified atom stereocenters. The molecule has 2 heterocycles. The lowest BCUT2D eigenvalue weighted by Crippen LogP contribution is -2.21. The molecule has 0 amide bonds. The minimum absolute atomic E-state index is 0.0261. The maximum atomic E-state index is 11.0. The molecule has 20 heavy (non-hydrogen) atoms. The highest BCUT2D eigenvalue weighted by atomic mass is 16.6. The van der Waals surface area contributed by atoms with Gasteiger partial charge in [-0.2, -0.15) is 4.98 Å². The zero-order valence-corrected chi connectivity index (χ0v) is 11.0. The number of non-ortho nitro benzene ring substituents is 1. The van der Waals surface area contributed by atoms with Gasteiger partial charge in [-0.25, -0.2) is 0 Å². The van der Waals surface area contributed by atoms with Crippen LogP contribution in [0.1, 0.15) is 19.3 Å². The molecule has 7 heteroatoms. The highest BCUT2D eigenvalue weighted by molar-refractivity contribution is 5.84. The number of oxazole rings is 1. The first-order chi connectivity index (χ1) is 9.74. The average Bonchev–Trinajstić information content (AvgIpc) is 2.65. The van der Waals surface area contributed by atoms with E-state index < -0.39 is 4.92 Å². The second kappa shape index (κ2) is 5.46. The summed E-state index contributed by atoms with van der Waals surface area (Å²) in [6, 6.07) is 5.38. The lowest BCUT2D eigenvalue weighted by molar-refractivity contribution is -0.383. The number of aromatic nitrogens is 1. The molecule has 1 aliphatic rings. The first-order valence-corrected chi connectivity index (χ1v) is 6.75. The van der Waals surface area contributed by atoms with Crippen LogP contribution in [0.4, 0.5) is 11.7 Å². The van der Waals surface area contributed by atoms with Crippen LogP contribution in [-0.4, -0.2) is 29.0 Å². The highest BCUT2D eigenvalue weighted by Gasteiger charge is 2.19. The molecular weight excluding hydrogens is 260 g/mol. The summed E-state index contributed by atoms with van der Waals surface area (Å²) in [6.45, 7) is 1.98. The zero-order valence-electron chi connectivity index (χ0n) is 11.0. The Morgan fingerprint density at radius 2 is 2.30 bits per heavy atom. The van der Waals surface area contributed by atoms with Gasteiger partial charge in [0, 0.05) is 12.1 Å². The lowest BCUT2D eigenvalue weighted by Gasteiger charge is -2.13. The van der Waals surface area contributed by atoms with Crippen molar-refractivity contribution in [1.29, 1.82) is 0 Å². The van der Waals surface area contributed by atoms with Crippen molar-refractivity contribution >= 4 is 22.8 Å². The SMILES string of the molecule is O=[N+]([O-])c1cccc2oc(NC3CCCNCC3)nc12. The molecule has 2 N–H and O–H groups in total. The summed E-state index contributed by atoms with van der Waals surface area (Å²) < 4.78 is 5.56. The quantitative estimate of drug-likeness (QED) is 0.660. The highest BCUT2D eigenvalue weighted by Crippen LogP contribution is 2.28. The molecule has 3 rings (SSSR count). The molecule has 0 spiro atoms. The fourth-order valence-corrected chi connectivity index (χ4v) is 2.48. The van der Waals surface area contributed by atoms with E-state index in [2.05, 4.69) is 15.6 Å². The topological polar surface area (TPSA) is 93.2 Å². The van der Waals surface area contributed by atoms with E-state index in [-0.39, 0.29) is 11.7 Å². The standard InChI is InChI=1S/C13H16N4O3/c18-17(19)10-4-1-5-11-12(10)16-13(20-11)15-9-3-2-7-14-8-6-9/h1,4-5,9,14H,2-3,6-8H2,(H,15,16). The van der Waals surface area contributed by atoms with Crippen molar-refractivity contribution in [2.45, 2.75) is 25.3 Å². The Kier molecular flexibility index (Phi) is 3.51. The number of anilines is 1. The minimum atomic E-state index is -0.440. The van der Waals surface area contributed by atoms with Crippen molar-refractivity contribution in [3.63, 3.8) is 0 Å². The third kappa shape index (κ3) is 2.57. The van der Waals surface area contributed by atoms with Crippen molar-refractivity contribution < 1.29 is 9.34 Å². The maximum absolute atomic E-state index is 11.0. The molecule has 0 radical (unpaired) electrons. The van der Waals surface area contributed by atoms with Gasteiger partial charge in [0.15, 0.2) is 11.1 Å². The van der Waals surface area contributed by atoms with Crippen LogP contribution in [-0.2, 0) is 0 Å². The molecule has 1 fully saturated rings. The summed E-state index contributed by atoms with van der Waals surface area (Å²) in [5.74, 6) is 0. The van der Waals surface area contributed by atoms with Gasteiger partial charge in [0.05, 0.1) is 4.92 Å². The first kappa shape index (κ1) is 12.9. The van der Waals surface area contributed by atoms with E-state index in [1.165, 1.54) is 6.07 Å². The molecule has 1 aliphatic heterocycles. The van der Waals surface area contributed by atoms with Gasteiger partial charge in [0.1, 0.15) is 0 Å². The van der Waals surface area contributed by atoms with E-state index in [1.54, 1.807) is 12.1 Å². The van der Waals surface area contributed by atoms with Crippen molar-refractivity contribution in [3.8, 4) is 0 Å². The van der Waals surface area contributed by atoms with Crippen LogP contribution in [0.2, 0.25) is 0 Å². The van der Waals surface area contributed by atoms with Gasteiger partial charge in [-0.05, 0) is 38.4 Å². The monoisotopic (exact) mass is 276 g/mol. The number of nitrogens with zero attached hydrogens (tertiary/aromatic N) is 2. The Bertz CT molecular complexity index is 617. The fraction of sp³-hybridized carbons (Fsp3) is 0.462. The number of fused-ring (bicyclic) bond motifs is 1. The predicted octanol–water partition coefficient (Wildman–Crippen LogP) is 2.29. The third-order valence-electron chi connectivity index (χ3n) is 3.50. The molecule has 106 valence electrons. The Morgan fingerprint density at radius 1 is 1.40 bits per heavy atom. The molecule has 1 aromatic carbocycles. The van der Waals surface area contributed by atoms with Crippen LogP contribution in [0.5, 0.6) is 0 Å². The number of benzene rings is 1. The van der Waals surface area contributed by atoms with Crippen LogP contribution < -0.4 is 10.6 Å². The van der Waals surface area contributed by atoms with Crippen LogP contribution in [0, 0.1) is 10.1 Å². The molecule has 2 aromatic rings. The second-order valence-corrected chi connectivity index (χ2v) is 4.92. The number of hydrogen-bond acceptors (Lipinski definition) is 6. The first-order valence-electron chi connectivity index (χ1n) is 6.75. The normalized spacial score (nSPS) is 19.7. The molecule has 1 atom stereocenters. The summed E-state index contributed by atoms with van der Waals surface area (Å²) in [5.41, 5.74) is 0.710. The summed E-state index contributed by atoms with van der Waals surface area (Å²) in [4.78, 5) is 14.7. The van der Waals surface area contributed by atoms with Gasteiger partial charge in [-0.3, -0.25) is 10.1 Å². The van der Waals surface area contributed by atoms with Crippen LogP contribution >= 0.6 is 0 Å². The summed E-state index contributed by atoms with van der Waals surface area (Å²) in [7, 11) is 0. The van der Waals surface area contributed by atoms with Crippen molar-refractivity contribution in [2.75, 3.05) is 18.4 Å². The zero-order chi connectivity index (χ0) is 13.9. The lowest BCUT2D eigenvalue weighted by atomic mass is 10.1. The molecule has 0 saturated carbocycles. The number of hydrogen-bond donors (Lipinski definition) is 2. The van der Waals surface area contributed by atoms with Gasteiger partial charge in [-0.1, -0.05) is 6.07 Å². The van der Waals surface area contributed by atoms with E-state index in [9.17, 15) is 10.1 Å². The minimum Gasteiger partial charge on any atom is -0.423 e. The second-order valence-electron chi connectivity index (χ2n) is 4.92. The molecule has 1 aromatic heterocycles. The van der Waals surface area contributed by atoms with Gasteiger partial charge < -0.3 is 15.1 Å². The summed E-state index contributed by atoms with van der Waals surface area (Å²) >= 11 is 0. The van der Waals surface area contributed by atoms with Gasteiger partial charge in [-0.15, -0.1) is 0 Å². The maximum Gasteiger partial charge on any atom is 0.298 e. The van der Waals surface area contributed by atoms with Crippen LogP contribution in [0.3, 0.4) is 0 Å². The number of nitro benzene ring substituents is 1. The third-order valence-corrected chi connectivity index (χ3v) is 3.50. The molecular formula is C13H16N4O3.